The highest BCUT2D eigenvalue weighted by Crippen LogP contribution is 2.17. The van der Waals surface area contributed by atoms with Crippen LogP contribution in [-0.2, 0) is 17.7 Å². The molecule has 1 aliphatic rings. The number of rotatable bonds is 5. The first kappa shape index (κ1) is 11.1. The van der Waals surface area contributed by atoms with Crippen molar-refractivity contribution in [2.24, 2.45) is 5.92 Å². The summed E-state index contributed by atoms with van der Waals surface area (Å²) in [6.45, 7) is 6.21. The molecule has 1 aliphatic heterocycles. The van der Waals surface area contributed by atoms with Gasteiger partial charge in [-0.2, -0.15) is 0 Å². The molecular weight excluding hydrogens is 206 g/mol. The molecule has 0 bridgehead atoms. The van der Waals surface area contributed by atoms with Crippen molar-refractivity contribution in [3.8, 4) is 0 Å². The van der Waals surface area contributed by atoms with E-state index in [4.69, 9.17) is 4.74 Å². The molecule has 1 aromatic heterocycles. The van der Waals surface area contributed by atoms with Crippen molar-refractivity contribution in [1.29, 1.82) is 0 Å². The van der Waals surface area contributed by atoms with Crippen LogP contribution >= 0.6 is 11.3 Å². The lowest BCUT2D eigenvalue weighted by Gasteiger charge is -2.07. The maximum atomic E-state index is 5.34. The lowest BCUT2D eigenvalue weighted by atomic mass is 10.1. The van der Waals surface area contributed by atoms with E-state index in [1.54, 1.807) is 0 Å². The van der Waals surface area contributed by atoms with Gasteiger partial charge in [-0.3, -0.25) is 0 Å². The molecule has 1 atom stereocenters. The SMILES string of the molecule is CCc1ccc(CNCC2CCOC2)s1. The van der Waals surface area contributed by atoms with E-state index in [1.807, 2.05) is 11.3 Å². The second-order valence-electron chi connectivity index (χ2n) is 4.08. The lowest BCUT2D eigenvalue weighted by molar-refractivity contribution is 0.185. The first-order valence-electron chi connectivity index (χ1n) is 5.74. The Bertz CT molecular complexity index is 292. The summed E-state index contributed by atoms with van der Waals surface area (Å²) in [5.41, 5.74) is 0. The maximum Gasteiger partial charge on any atom is 0.0507 e. The second kappa shape index (κ2) is 5.64. The van der Waals surface area contributed by atoms with Gasteiger partial charge in [0.05, 0.1) is 6.61 Å². The minimum absolute atomic E-state index is 0.732. The minimum atomic E-state index is 0.732. The van der Waals surface area contributed by atoms with E-state index in [1.165, 1.54) is 16.2 Å². The smallest absolute Gasteiger partial charge is 0.0507 e. The quantitative estimate of drug-likeness (QED) is 0.831. The molecule has 0 spiro atoms. The fraction of sp³-hybridized carbons (Fsp3) is 0.667. The summed E-state index contributed by atoms with van der Waals surface area (Å²) in [6, 6.07) is 4.47. The van der Waals surface area contributed by atoms with Gasteiger partial charge >= 0.3 is 0 Å². The zero-order valence-corrected chi connectivity index (χ0v) is 10.1. The molecule has 1 fully saturated rings. The Labute approximate surface area is 95.6 Å². The summed E-state index contributed by atoms with van der Waals surface area (Å²) < 4.78 is 5.34. The fourth-order valence-electron chi connectivity index (χ4n) is 1.85. The number of nitrogens with one attached hydrogen (secondary N) is 1. The highest BCUT2D eigenvalue weighted by atomic mass is 32.1. The van der Waals surface area contributed by atoms with Gasteiger partial charge in [-0.25, -0.2) is 0 Å². The van der Waals surface area contributed by atoms with Crippen LogP contribution in [-0.4, -0.2) is 19.8 Å². The van der Waals surface area contributed by atoms with E-state index in [9.17, 15) is 0 Å². The number of thiophene rings is 1. The van der Waals surface area contributed by atoms with Gasteiger partial charge in [0.15, 0.2) is 0 Å². The van der Waals surface area contributed by atoms with Crippen LogP contribution in [0.25, 0.3) is 0 Å². The molecular formula is C12H19NOS. The number of hydrogen-bond donors (Lipinski definition) is 1. The monoisotopic (exact) mass is 225 g/mol. The molecule has 0 aromatic carbocycles. The van der Waals surface area contributed by atoms with Crippen molar-refractivity contribution >= 4 is 11.3 Å². The highest BCUT2D eigenvalue weighted by Gasteiger charge is 2.14. The van der Waals surface area contributed by atoms with Crippen LogP contribution in [0.1, 0.15) is 23.1 Å². The molecule has 2 heterocycles. The normalized spacial score (nSPS) is 21.0. The van der Waals surface area contributed by atoms with Crippen molar-refractivity contribution in [1.82, 2.24) is 5.32 Å². The topological polar surface area (TPSA) is 21.3 Å². The average molecular weight is 225 g/mol. The Morgan fingerprint density at radius 3 is 3.00 bits per heavy atom. The molecule has 1 saturated heterocycles. The second-order valence-corrected chi connectivity index (χ2v) is 5.33. The van der Waals surface area contributed by atoms with Crippen molar-refractivity contribution in [2.75, 3.05) is 19.8 Å². The Morgan fingerprint density at radius 2 is 2.33 bits per heavy atom. The Morgan fingerprint density at radius 1 is 1.47 bits per heavy atom. The molecule has 1 N–H and O–H groups in total. The molecule has 1 unspecified atom stereocenters. The van der Waals surface area contributed by atoms with Gasteiger partial charge in [0.25, 0.3) is 0 Å². The van der Waals surface area contributed by atoms with Crippen LogP contribution < -0.4 is 5.32 Å². The first-order valence-corrected chi connectivity index (χ1v) is 6.56. The molecule has 0 aliphatic carbocycles. The Hall–Kier alpha value is -0.380. The van der Waals surface area contributed by atoms with Crippen molar-refractivity contribution in [3.63, 3.8) is 0 Å². The zero-order valence-electron chi connectivity index (χ0n) is 9.29. The van der Waals surface area contributed by atoms with Crippen molar-refractivity contribution in [3.05, 3.63) is 21.9 Å². The van der Waals surface area contributed by atoms with Gasteiger partial charge in [0.1, 0.15) is 0 Å². The van der Waals surface area contributed by atoms with Gasteiger partial charge in [-0.05, 0) is 30.9 Å². The zero-order chi connectivity index (χ0) is 10.5. The van der Waals surface area contributed by atoms with Crippen LogP contribution in [0.4, 0.5) is 0 Å². The van der Waals surface area contributed by atoms with Gasteiger partial charge in [0, 0.05) is 29.5 Å². The molecule has 84 valence electrons. The molecule has 2 nitrogen and oxygen atoms in total. The van der Waals surface area contributed by atoms with E-state index in [0.717, 1.165) is 38.6 Å². The summed E-state index contributed by atoms with van der Waals surface area (Å²) in [7, 11) is 0. The van der Waals surface area contributed by atoms with Crippen LogP contribution in [0.2, 0.25) is 0 Å². The standard InChI is InChI=1S/C12H19NOS/c1-2-11-3-4-12(15-11)8-13-7-10-5-6-14-9-10/h3-4,10,13H,2,5-9H2,1H3. The van der Waals surface area contributed by atoms with Crippen molar-refractivity contribution < 1.29 is 4.74 Å². The number of ether oxygens (including phenoxy) is 1. The van der Waals surface area contributed by atoms with Crippen LogP contribution in [0, 0.1) is 5.92 Å². The third-order valence-corrected chi connectivity index (χ3v) is 4.05. The van der Waals surface area contributed by atoms with E-state index in [2.05, 4.69) is 24.4 Å². The molecule has 2 rings (SSSR count). The van der Waals surface area contributed by atoms with Crippen LogP contribution in [0.5, 0.6) is 0 Å². The van der Waals surface area contributed by atoms with E-state index < -0.39 is 0 Å². The highest BCUT2D eigenvalue weighted by molar-refractivity contribution is 7.11. The van der Waals surface area contributed by atoms with Gasteiger partial charge in [-0.15, -0.1) is 11.3 Å². The molecule has 1 aromatic rings. The summed E-state index contributed by atoms with van der Waals surface area (Å²) in [5, 5.41) is 3.51. The molecule has 0 saturated carbocycles. The third-order valence-electron chi connectivity index (χ3n) is 2.82. The van der Waals surface area contributed by atoms with Crippen LogP contribution in [0.3, 0.4) is 0 Å². The van der Waals surface area contributed by atoms with Crippen LogP contribution in [0.15, 0.2) is 12.1 Å². The lowest BCUT2D eigenvalue weighted by Crippen LogP contribution is -2.22. The van der Waals surface area contributed by atoms with E-state index >= 15 is 0 Å². The Kier molecular flexibility index (Phi) is 4.18. The minimum Gasteiger partial charge on any atom is -0.381 e. The molecule has 0 amide bonds. The summed E-state index contributed by atoms with van der Waals surface area (Å²) >= 11 is 1.92. The fourth-order valence-corrected chi connectivity index (χ4v) is 2.78. The maximum absolute atomic E-state index is 5.34. The molecule has 3 heteroatoms. The Balaban J connectivity index is 1.68. The number of aryl methyl sites for hydroxylation is 1. The first-order chi connectivity index (χ1) is 7.38. The van der Waals surface area contributed by atoms with E-state index in [-0.39, 0.29) is 0 Å². The molecule has 0 radical (unpaired) electrons. The largest absolute Gasteiger partial charge is 0.381 e. The summed E-state index contributed by atoms with van der Waals surface area (Å²) in [4.78, 5) is 2.93. The van der Waals surface area contributed by atoms with Gasteiger partial charge in [-0.1, -0.05) is 6.92 Å². The van der Waals surface area contributed by atoms with Crippen molar-refractivity contribution in [2.45, 2.75) is 26.3 Å². The predicted octanol–water partition coefficient (Wildman–Crippen LogP) is 2.44. The summed E-state index contributed by atoms with van der Waals surface area (Å²) in [6.07, 6.45) is 2.37. The van der Waals surface area contributed by atoms with Gasteiger partial charge < -0.3 is 10.1 Å². The van der Waals surface area contributed by atoms with Gasteiger partial charge in [0.2, 0.25) is 0 Å². The number of hydrogen-bond acceptors (Lipinski definition) is 3. The summed E-state index contributed by atoms with van der Waals surface area (Å²) in [5.74, 6) is 0.732. The average Bonchev–Trinajstić information content (AvgIpc) is 2.88. The molecule has 15 heavy (non-hydrogen) atoms. The van der Waals surface area contributed by atoms with E-state index in [0.29, 0.717) is 0 Å². The predicted molar refractivity (Wildman–Crippen MR) is 64.3 cm³/mol. The third kappa shape index (κ3) is 3.30.